The summed E-state index contributed by atoms with van der Waals surface area (Å²) in [6, 6.07) is 5.13. The minimum absolute atomic E-state index is 0.0753. The Bertz CT molecular complexity index is 869. The number of benzene rings is 1. The third kappa shape index (κ3) is 3.59. The molecule has 2 aliphatic heterocycles. The molecule has 4 rings (SSSR count). The molecule has 1 fully saturated rings. The van der Waals surface area contributed by atoms with Crippen molar-refractivity contribution in [2.24, 2.45) is 0 Å². The molecule has 1 aromatic carbocycles. The van der Waals surface area contributed by atoms with Gasteiger partial charge in [0.25, 0.3) is 5.91 Å². The number of hydrogen-bond donors (Lipinski definition) is 1. The standard InChI is InChI=1S/C18H20N4O4S/c1-2-4-15(23)22-8-3-5-12(22)17-20-21-18(27-17)16(24)19-11-6-7-13-14(9-11)26-10-25-13/h6-7,9,12H,2-5,8,10H2,1H3,(H,19,24)/t12-/m0/s1. The summed E-state index contributed by atoms with van der Waals surface area (Å²) in [6.45, 7) is 2.91. The summed E-state index contributed by atoms with van der Waals surface area (Å²) < 4.78 is 10.6. The first-order valence-corrected chi connectivity index (χ1v) is 9.81. The van der Waals surface area contributed by atoms with Crippen LogP contribution in [0, 0.1) is 0 Å². The second kappa shape index (κ2) is 7.51. The zero-order valence-corrected chi connectivity index (χ0v) is 15.8. The lowest BCUT2D eigenvalue weighted by Crippen LogP contribution is -2.30. The van der Waals surface area contributed by atoms with Gasteiger partial charge in [-0.3, -0.25) is 9.59 Å². The monoisotopic (exact) mass is 388 g/mol. The fourth-order valence-corrected chi connectivity index (χ4v) is 4.19. The number of amides is 2. The maximum atomic E-state index is 12.5. The first-order chi connectivity index (χ1) is 13.2. The van der Waals surface area contributed by atoms with E-state index in [1.807, 2.05) is 11.8 Å². The smallest absolute Gasteiger partial charge is 0.286 e. The predicted molar refractivity (Wildman–Crippen MR) is 99.0 cm³/mol. The number of rotatable bonds is 5. The van der Waals surface area contributed by atoms with Crippen molar-refractivity contribution in [1.29, 1.82) is 0 Å². The molecular formula is C18H20N4O4S. The zero-order chi connectivity index (χ0) is 18.8. The highest BCUT2D eigenvalue weighted by atomic mass is 32.1. The van der Waals surface area contributed by atoms with Crippen molar-refractivity contribution in [3.63, 3.8) is 0 Å². The summed E-state index contributed by atoms with van der Waals surface area (Å²) in [5.74, 6) is 1.06. The topological polar surface area (TPSA) is 93.7 Å². The van der Waals surface area contributed by atoms with Gasteiger partial charge in [-0.1, -0.05) is 18.3 Å². The van der Waals surface area contributed by atoms with Gasteiger partial charge >= 0.3 is 0 Å². The second-order valence-corrected chi connectivity index (χ2v) is 7.47. The minimum atomic E-state index is -0.331. The van der Waals surface area contributed by atoms with Crippen molar-refractivity contribution in [1.82, 2.24) is 15.1 Å². The normalized spacial score (nSPS) is 18.0. The number of carbonyl (C=O) groups is 2. The van der Waals surface area contributed by atoms with Crippen LogP contribution in [0.3, 0.4) is 0 Å². The summed E-state index contributed by atoms with van der Waals surface area (Å²) in [5.41, 5.74) is 0.599. The van der Waals surface area contributed by atoms with E-state index in [1.54, 1.807) is 18.2 Å². The summed E-state index contributed by atoms with van der Waals surface area (Å²) in [6.07, 6.45) is 3.15. The van der Waals surface area contributed by atoms with E-state index in [0.29, 0.717) is 28.6 Å². The van der Waals surface area contributed by atoms with E-state index in [-0.39, 0.29) is 29.7 Å². The molecule has 0 aliphatic carbocycles. The second-order valence-electron chi connectivity index (χ2n) is 6.46. The van der Waals surface area contributed by atoms with Gasteiger partial charge in [0, 0.05) is 24.7 Å². The Labute approximate surface area is 160 Å². The van der Waals surface area contributed by atoms with Gasteiger partial charge in [-0.2, -0.15) is 0 Å². The molecule has 0 unspecified atom stereocenters. The Balaban J connectivity index is 1.45. The lowest BCUT2D eigenvalue weighted by atomic mass is 10.2. The third-order valence-corrected chi connectivity index (χ3v) is 5.61. The highest BCUT2D eigenvalue weighted by Gasteiger charge is 2.32. The van der Waals surface area contributed by atoms with E-state index >= 15 is 0 Å². The average Bonchev–Trinajstić information content (AvgIpc) is 3.40. The Morgan fingerprint density at radius 2 is 2.15 bits per heavy atom. The van der Waals surface area contributed by atoms with Gasteiger partial charge in [0.15, 0.2) is 11.5 Å². The molecule has 1 saturated heterocycles. The highest BCUT2D eigenvalue weighted by molar-refractivity contribution is 7.13. The number of fused-ring (bicyclic) bond motifs is 1. The minimum Gasteiger partial charge on any atom is -0.454 e. The highest BCUT2D eigenvalue weighted by Crippen LogP contribution is 2.36. The van der Waals surface area contributed by atoms with Crippen molar-refractivity contribution in [2.75, 3.05) is 18.7 Å². The fourth-order valence-electron chi connectivity index (χ4n) is 3.30. The number of aromatic nitrogens is 2. The van der Waals surface area contributed by atoms with Crippen LogP contribution >= 0.6 is 11.3 Å². The Morgan fingerprint density at radius 3 is 3.00 bits per heavy atom. The van der Waals surface area contributed by atoms with E-state index in [1.165, 1.54) is 11.3 Å². The van der Waals surface area contributed by atoms with E-state index in [2.05, 4.69) is 15.5 Å². The largest absolute Gasteiger partial charge is 0.454 e. The van der Waals surface area contributed by atoms with Crippen LogP contribution in [0.25, 0.3) is 0 Å². The summed E-state index contributed by atoms with van der Waals surface area (Å²) in [7, 11) is 0. The third-order valence-electron chi connectivity index (χ3n) is 4.59. The van der Waals surface area contributed by atoms with E-state index in [0.717, 1.165) is 25.8 Å². The fraction of sp³-hybridized carbons (Fsp3) is 0.444. The summed E-state index contributed by atoms with van der Waals surface area (Å²) in [4.78, 5) is 26.7. The molecule has 1 N–H and O–H groups in total. The zero-order valence-electron chi connectivity index (χ0n) is 14.9. The SMILES string of the molecule is CCCC(=O)N1CCC[C@H]1c1nnc(C(=O)Nc2ccc3c(c2)OCO3)s1. The quantitative estimate of drug-likeness (QED) is 0.846. The first-order valence-electron chi connectivity index (χ1n) is 8.99. The number of anilines is 1. The van der Waals surface area contributed by atoms with Gasteiger partial charge in [0.05, 0.1) is 6.04 Å². The molecule has 8 nitrogen and oxygen atoms in total. The van der Waals surface area contributed by atoms with Crippen molar-refractivity contribution in [2.45, 2.75) is 38.6 Å². The Morgan fingerprint density at radius 1 is 1.30 bits per heavy atom. The van der Waals surface area contributed by atoms with E-state index < -0.39 is 0 Å². The van der Waals surface area contributed by atoms with Crippen molar-refractivity contribution in [3.8, 4) is 11.5 Å². The molecule has 0 spiro atoms. The number of hydrogen-bond acceptors (Lipinski definition) is 7. The van der Waals surface area contributed by atoms with E-state index in [9.17, 15) is 9.59 Å². The number of nitrogens with one attached hydrogen (secondary N) is 1. The lowest BCUT2D eigenvalue weighted by Gasteiger charge is -2.22. The van der Waals surface area contributed by atoms with Crippen molar-refractivity contribution in [3.05, 3.63) is 28.2 Å². The van der Waals surface area contributed by atoms with Gasteiger partial charge in [0.2, 0.25) is 17.7 Å². The van der Waals surface area contributed by atoms with Crippen LogP contribution in [0.4, 0.5) is 5.69 Å². The van der Waals surface area contributed by atoms with Gasteiger partial charge in [0.1, 0.15) is 5.01 Å². The van der Waals surface area contributed by atoms with Crippen LogP contribution in [0.15, 0.2) is 18.2 Å². The number of likely N-dealkylation sites (tertiary alicyclic amines) is 1. The molecule has 2 amide bonds. The molecule has 2 aromatic rings. The molecule has 0 saturated carbocycles. The van der Waals surface area contributed by atoms with Gasteiger partial charge in [-0.25, -0.2) is 0 Å². The van der Waals surface area contributed by atoms with Gasteiger partial charge < -0.3 is 19.7 Å². The average molecular weight is 388 g/mol. The van der Waals surface area contributed by atoms with Crippen LogP contribution in [0.1, 0.15) is 53.5 Å². The maximum Gasteiger partial charge on any atom is 0.286 e. The van der Waals surface area contributed by atoms with Crippen molar-refractivity contribution >= 4 is 28.8 Å². The van der Waals surface area contributed by atoms with Crippen LogP contribution in [-0.4, -0.2) is 40.2 Å². The first kappa shape index (κ1) is 17.7. The van der Waals surface area contributed by atoms with Crippen LogP contribution < -0.4 is 14.8 Å². The molecule has 27 heavy (non-hydrogen) atoms. The molecule has 142 valence electrons. The molecule has 0 radical (unpaired) electrons. The molecule has 2 aliphatic rings. The van der Waals surface area contributed by atoms with Crippen LogP contribution in [0.5, 0.6) is 11.5 Å². The predicted octanol–water partition coefficient (Wildman–Crippen LogP) is 2.98. The molecule has 1 aromatic heterocycles. The summed E-state index contributed by atoms with van der Waals surface area (Å²) >= 11 is 1.24. The maximum absolute atomic E-state index is 12.5. The molecule has 1 atom stereocenters. The molecule has 3 heterocycles. The molecular weight excluding hydrogens is 368 g/mol. The van der Waals surface area contributed by atoms with Gasteiger partial charge in [-0.05, 0) is 31.4 Å². The van der Waals surface area contributed by atoms with Crippen LogP contribution in [-0.2, 0) is 4.79 Å². The Kier molecular flexibility index (Phi) is 4.93. The number of carbonyl (C=O) groups excluding carboxylic acids is 2. The van der Waals surface area contributed by atoms with Gasteiger partial charge in [-0.15, -0.1) is 10.2 Å². The molecule has 9 heteroatoms. The summed E-state index contributed by atoms with van der Waals surface area (Å²) in [5, 5.41) is 12.0. The molecule has 0 bridgehead atoms. The Hall–Kier alpha value is -2.68. The number of ether oxygens (including phenoxy) is 2. The number of nitrogens with zero attached hydrogens (tertiary/aromatic N) is 3. The lowest BCUT2D eigenvalue weighted by molar-refractivity contribution is -0.132. The van der Waals surface area contributed by atoms with Crippen molar-refractivity contribution < 1.29 is 19.1 Å². The van der Waals surface area contributed by atoms with Crippen LogP contribution in [0.2, 0.25) is 0 Å². The van der Waals surface area contributed by atoms with E-state index in [4.69, 9.17) is 9.47 Å².